The molecular weight excluding hydrogens is 286 g/mol. The standard InChI is InChI=1S/C15H13N3O2S/c19-10-14-16-17-15(21)18(14)11-5-4-8-13(9-11)20-12-6-2-1-3-7-12/h1-9,19H,10H2,(H,17,21). The Balaban J connectivity index is 1.97. The van der Waals surface area contributed by atoms with Crippen molar-refractivity contribution in [3.63, 3.8) is 0 Å². The lowest BCUT2D eigenvalue weighted by Crippen LogP contribution is -2.01. The molecule has 3 aromatic rings. The summed E-state index contributed by atoms with van der Waals surface area (Å²) in [5, 5.41) is 16.0. The van der Waals surface area contributed by atoms with Crippen molar-refractivity contribution in [1.82, 2.24) is 14.8 Å². The van der Waals surface area contributed by atoms with Crippen molar-refractivity contribution in [3.8, 4) is 17.2 Å². The van der Waals surface area contributed by atoms with Crippen molar-refractivity contribution >= 4 is 12.2 Å². The molecule has 0 aliphatic heterocycles. The maximum absolute atomic E-state index is 9.32. The van der Waals surface area contributed by atoms with Crippen molar-refractivity contribution in [3.05, 3.63) is 65.2 Å². The van der Waals surface area contributed by atoms with E-state index < -0.39 is 0 Å². The minimum Gasteiger partial charge on any atom is -0.457 e. The first-order chi connectivity index (χ1) is 10.3. The Bertz CT molecular complexity index is 796. The van der Waals surface area contributed by atoms with Gasteiger partial charge in [-0.1, -0.05) is 24.3 Å². The third-order valence-electron chi connectivity index (χ3n) is 2.94. The average Bonchev–Trinajstić information content (AvgIpc) is 2.89. The molecule has 0 saturated heterocycles. The topological polar surface area (TPSA) is 63.1 Å². The molecule has 5 nitrogen and oxygen atoms in total. The van der Waals surface area contributed by atoms with Gasteiger partial charge >= 0.3 is 0 Å². The van der Waals surface area contributed by atoms with Gasteiger partial charge in [0.1, 0.15) is 18.1 Å². The van der Waals surface area contributed by atoms with Crippen LogP contribution in [0.3, 0.4) is 0 Å². The van der Waals surface area contributed by atoms with E-state index in [1.165, 1.54) is 0 Å². The molecule has 0 spiro atoms. The fourth-order valence-electron chi connectivity index (χ4n) is 2.01. The summed E-state index contributed by atoms with van der Waals surface area (Å²) >= 11 is 5.19. The summed E-state index contributed by atoms with van der Waals surface area (Å²) in [6.07, 6.45) is 0. The fourth-order valence-corrected chi connectivity index (χ4v) is 2.27. The molecule has 0 saturated carbocycles. The Labute approximate surface area is 126 Å². The molecule has 0 fully saturated rings. The number of aliphatic hydroxyl groups is 1. The lowest BCUT2D eigenvalue weighted by Gasteiger charge is -2.09. The van der Waals surface area contributed by atoms with E-state index in [2.05, 4.69) is 10.2 Å². The van der Waals surface area contributed by atoms with E-state index in [4.69, 9.17) is 17.0 Å². The van der Waals surface area contributed by atoms with Crippen LogP contribution in [-0.2, 0) is 6.61 Å². The number of ether oxygens (including phenoxy) is 1. The number of benzene rings is 2. The van der Waals surface area contributed by atoms with Crippen molar-refractivity contribution in [2.75, 3.05) is 0 Å². The molecule has 6 heteroatoms. The molecule has 2 aromatic carbocycles. The van der Waals surface area contributed by atoms with E-state index in [9.17, 15) is 5.11 Å². The molecular formula is C15H13N3O2S. The first kappa shape index (κ1) is 13.5. The first-order valence-electron chi connectivity index (χ1n) is 6.38. The number of nitrogens with one attached hydrogen (secondary N) is 1. The monoisotopic (exact) mass is 299 g/mol. The van der Waals surface area contributed by atoms with Gasteiger partial charge in [-0.2, -0.15) is 5.10 Å². The molecule has 106 valence electrons. The van der Waals surface area contributed by atoms with Crippen LogP contribution in [0.15, 0.2) is 54.6 Å². The zero-order valence-corrected chi connectivity index (χ0v) is 11.9. The molecule has 0 aliphatic rings. The molecule has 0 atom stereocenters. The number of hydrogen-bond acceptors (Lipinski definition) is 4. The maximum atomic E-state index is 9.32. The van der Waals surface area contributed by atoms with Gasteiger partial charge in [-0.25, -0.2) is 0 Å². The smallest absolute Gasteiger partial charge is 0.199 e. The number of aromatic amines is 1. The SMILES string of the molecule is OCc1n[nH]c(=S)n1-c1cccc(Oc2ccccc2)c1. The Morgan fingerprint density at radius 1 is 1.10 bits per heavy atom. The molecule has 1 heterocycles. The number of para-hydroxylation sites is 1. The number of aromatic nitrogens is 3. The second-order valence-corrected chi connectivity index (χ2v) is 4.74. The van der Waals surface area contributed by atoms with E-state index in [-0.39, 0.29) is 6.61 Å². The van der Waals surface area contributed by atoms with E-state index in [1.807, 2.05) is 54.6 Å². The van der Waals surface area contributed by atoms with Gasteiger partial charge < -0.3 is 9.84 Å². The summed E-state index contributed by atoms with van der Waals surface area (Å²) < 4.78 is 7.89. The van der Waals surface area contributed by atoms with Crippen LogP contribution >= 0.6 is 12.2 Å². The van der Waals surface area contributed by atoms with Crippen LogP contribution in [-0.4, -0.2) is 19.9 Å². The number of H-pyrrole nitrogens is 1. The van der Waals surface area contributed by atoms with E-state index in [1.54, 1.807) is 4.57 Å². The third kappa shape index (κ3) is 2.86. The van der Waals surface area contributed by atoms with E-state index in [0.717, 1.165) is 11.4 Å². The van der Waals surface area contributed by atoms with Crippen molar-refractivity contribution in [2.24, 2.45) is 0 Å². The summed E-state index contributed by atoms with van der Waals surface area (Å²) in [5.41, 5.74) is 0.784. The van der Waals surface area contributed by atoms with Gasteiger partial charge in [0, 0.05) is 6.07 Å². The number of rotatable bonds is 4. The van der Waals surface area contributed by atoms with Crippen LogP contribution in [0, 0.1) is 4.77 Å². The highest BCUT2D eigenvalue weighted by atomic mass is 32.1. The highest BCUT2D eigenvalue weighted by molar-refractivity contribution is 7.71. The van der Waals surface area contributed by atoms with Gasteiger partial charge in [0.2, 0.25) is 0 Å². The lowest BCUT2D eigenvalue weighted by atomic mass is 10.3. The largest absolute Gasteiger partial charge is 0.457 e. The number of nitrogens with zero attached hydrogens (tertiary/aromatic N) is 2. The van der Waals surface area contributed by atoms with Crippen molar-refractivity contribution in [2.45, 2.75) is 6.61 Å². The highest BCUT2D eigenvalue weighted by Crippen LogP contribution is 2.24. The lowest BCUT2D eigenvalue weighted by molar-refractivity contribution is 0.268. The normalized spacial score (nSPS) is 10.5. The molecule has 1 aromatic heterocycles. The van der Waals surface area contributed by atoms with Crippen LogP contribution < -0.4 is 4.74 Å². The Morgan fingerprint density at radius 2 is 1.86 bits per heavy atom. The molecule has 3 rings (SSSR count). The summed E-state index contributed by atoms with van der Waals surface area (Å²) in [5.74, 6) is 1.90. The average molecular weight is 299 g/mol. The Hall–Kier alpha value is -2.44. The Morgan fingerprint density at radius 3 is 2.62 bits per heavy atom. The summed E-state index contributed by atoms with van der Waals surface area (Å²) in [4.78, 5) is 0. The quantitative estimate of drug-likeness (QED) is 0.726. The van der Waals surface area contributed by atoms with Crippen LogP contribution in [0.1, 0.15) is 5.82 Å². The zero-order chi connectivity index (χ0) is 14.7. The summed E-state index contributed by atoms with van der Waals surface area (Å²) in [7, 11) is 0. The highest BCUT2D eigenvalue weighted by Gasteiger charge is 2.08. The minimum absolute atomic E-state index is 0.198. The van der Waals surface area contributed by atoms with Crippen LogP contribution in [0.4, 0.5) is 0 Å². The second-order valence-electron chi connectivity index (χ2n) is 4.35. The minimum atomic E-state index is -0.198. The fraction of sp³-hybridized carbons (Fsp3) is 0.0667. The van der Waals surface area contributed by atoms with Gasteiger partial charge in [0.15, 0.2) is 10.6 Å². The summed E-state index contributed by atoms with van der Waals surface area (Å²) in [6, 6.07) is 17.0. The molecule has 0 unspecified atom stereocenters. The number of aliphatic hydroxyl groups excluding tert-OH is 1. The van der Waals surface area contributed by atoms with Crippen LogP contribution in [0.25, 0.3) is 5.69 Å². The zero-order valence-electron chi connectivity index (χ0n) is 11.1. The van der Waals surface area contributed by atoms with Gasteiger partial charge in [-0.15, -0.1) is 0 Å². The van der Waals surface area contributed by atoms with Gasteiger partial charge in [-0.05, 0) is 36.5 Å². The van der Waals surface area contributed by atoms with Crippen LogP contribution in [0.2, 0.25) is 0 Å². The molecule has 0 radical (unpaired) electrons. The second kappa shape index (κ2) is 5.90. The predicted octanol–water partition coefficient (Wildman–Crippen LogP) is 3.21. The Kier molecular flexibility index (Phi) is 3.81. The number of hydrogen-bond donors (Lipinski definition) is 2. The third-order valence-corrected chi connectivity index (χ3v) is 3.21. The summed E-state index contributed by atoms with van der Waals surface area (Å²) in [6.45, 7) is -0.198. The molecule has 2 N–H and O–H groups in total. The van der Waals surface area contributed by atoms with E-state index in [0.29, 0.717) is 16.3 Å². The van der Waals surface area contributed by atoms with Crippen molar-refractivity contribution < 1.29 is 9.84 Å². The van der Waals surface area contributed by atoms with Gasteiger partial charge in [0.05, 0.1) is 5.69 Å². The molecule has 0 amide bonds. The van der Waals surface area contributed by atoms with Crippen molar-refractivity contribution in [1.29, 1.82) is 0 Å². The van der Waals surface area contributed by atoms with E-state index >= 15 is 0 Å². The predicted molar refractivity (Wildman–Crippen MR) is 81.2 cm³/mol. The van der Waals surface area contributed by atoms with Gasteiger partial charge in [-0.3, -0.25) is 9.67 Å². The van der Waals surface area contributed by atoms with Gasteiger partial charge in [0.25, 0.3) is 0 Å². The molecule has 0 aliphatic carbocycles. The first-order valence-corrected chi connectivity index (χ1v) is 6.79. The van der Waals surface area contributed by atoms with Crippen LogP contribution in [0.5, 0.6) is 11.5 Å². The maximum Gasteiger partial charge on any atom is 0.199 e. The molecule has 0 bridgehead atoms. The molecule has 21 heavy (non-hydrogen) atoms.